The zero-order chi connectivity index (χ0) is 19.5. The Kier molecular flexibility index (Phi) is 8.16. The van der Waals surface area contributed by atoms with Gasteiger partial charge < -0.3 is 20.7 Å². The van der Waals surface area contributed by atoms with Crippen LogP contribution in [0.2, 0.25) is 0 Å². The van der Waals surface area contributed by atoms with Crippen molar-refractivity contribution >= 4 is 11.9 Å². The van der Waals surface area contributed by atoms with Crippen molar-refractivity contribution in [1.82, 2.24) is 16.0 Å². The van der Waals surface area contributed by atoms with E-state index >= 15 is 0 Å². The van der Waals surface area contributed by atoms with Crippen LogP contribution >= 0.6 is 0 Å². The van der Waals surface area contributed by atoms with Crippen LogP contribution in [0.5, 0.6) is 5.75 Å². The topological polar surface area (TPSA) is 74.8 Å². The van der Waals surface area contributed by atoms with Gasteiger partial charge in [-0.3, -0.25) is 4.79 Å². The molecule has 0 aliphatic carbocycles. The van der Waals surface area contributed by atoms with E-state index in [1.807, 2.05) is 43.3 Å². The maximum absolute atomic E-state index is 11.8. The van der Waals surface area contributed by atoms with Crippen LogP contribution in [0, 0.1) is 0 Å². The van der Waals surface area contributed by atoms with E-state index < -0.39 is 0 Å². The first-order valence-corrected chi connectivity index (χ1v) is 9.13. The summed E-state index contributed by atoms with van der Waals surface area (Å²) in [6.45, 7) is 4.04. The van der Waals surface area contributed by atoms with Crippen molar-refractivity contribution in [2.75, 3.05) is 27.2 Å². The molecule has 0 spiro atoms. The minimum atomic E-state index is -0.0948. The van der Waals surface area contributed by atoms with Crippen LogP contribution < -0.4 is 20.7 Å². The van der Waals surface area contributed by atoms with Gasteiger partial charge in [-0.05, 0) is 42.7 Å². The molecule has 6 heteroatoms. The lowest BCUT2D eigenvalue weighted by Crippen LogP contribution is -2.38. The van der Waals surface area contributed by atoms with Crippen LogP contribution in [0.15, 0.2) is 53.5 Å². The van der Waals surface area contributed by atoms with Crippen molar-refractivity contribution < 1.29 is 9.53 Å². The molecule has 0 atom stereocenters. The lowest BCUT2D eigenvalue weighted by Gasteiger charge is -2.13. The predicted octanol–water partition coefficient (Wildman–Crippen LogP) is 2.35. The summed E-state index contributed by atoms with van der Waals surface area (Å²) in [5, 5.41) is 9.22. The molecule has 2 aromatic rings. The van der Waals surface area contributed by atoms with Gasteiger partial charge in [0.2, 0.25) is 0 Å². The molecule has 6 nitrogen and oxygen atoms in total. The standard InChI is InChI=1S/C21H28N4O2/c1-4-23-21(24-13-12-17-9-5-6-11-19(17)27-3)25-15-16-8-7-10-18(14-16)20(26)22-2/h5-11,14H,4,12-13,15H2,1-3H3,(H,22,26)(H2,23,24,25). The Balaban J connectivity index is 1.97. The number of hydrogen-bond donors (Lipinski definition) is 3. The Morgan fingerprint density at radius 3 is 2.67 bits per heavy atom. The molecule has 0 aromatic heterocycles. The van der Waals surface area contributed by atoms with Gasteiger partial charge in [-0.25, -0.2) is 4.99 Å². The maximum atomic E-state index is 11.8. The van der Waals surface area contributed by atoms with E-state index in [0.29, 0.717) is 12.1 Å². The second-order valence-electron chi connectivity index (χ2n) is 5.96. The lowest BCUT2D eigenvalue weighted by molar-refractivity contribution is 0.0963. The zero-order valence-corrected chi connectivity index (χ0v) is 16.2. The monoisotopic (exact) mass is 368 g/mol. The summed E-state index contributed by atoms with van der Waals surface area (Å²) in [4.78, 5) is 16.4. The van der Waals surface area contributed by atoms with Crippen molar-refractivity contribution in [3.8, 4) is 5.75 Å². The third kappa shape index (κ3) is 6.33. The average Bonchev–Trinajstić information content (AvgIpc) is 2.72. The number of carbonyl (C=O) groups is 1. The maximum Gasteiger partial charge on any atom is 0.251 e. The Labute approximate surface area is 161 Å². The molecule has 0 aliphatic rings. The molecule has 2 rings (SSSR count). The molecule has 0 unspecified atom stereocenters. The highest BCUT2D eigenvalue weighted by Gasteiger charge is 2.05. The third-order valence-electron chi connectivity index (χ3n) is 4.06. The van der Waals surface area contributed by atoms with Crippen molar-refractivity contribution in [2.24, 2.45) is 4.99 Å². The van der Waals surface area contributed by atoms with E-state index in [1.54, 1.807) is 20.2 Å². The summed E-state index contributed by atoms with van der Waals surface area (Å²) in [6, 6.07) is 15.5. The summed E-state index contributed by atoms with van der Waals surface area (Å²) in [6.07, 6.45) is 0.834. The van der Waals surface area contributed by atoms with Crippen molar-refractivity contribution in [2.45, 2.75) is 19.9 Å². The molecular formula is C21H28N4O2. The molecule has 2 aromatic carbocycles. The van der Waals surface area contributed by atoms with Gasteiger partial charge in [0.15, 0.2) is 5.96 Å². The summed E-state index contributed by atoms with van der Waals surface area (Å²) < 4.78 is 5.39. The molecule has 0 saturated heterocycles. The minimum absolute atomic E-state index is 0.0948. The Morgan fingerprint density at radius 2 is 1.93 bits per heavy atom. The lowest BCUT2D eigenvalue weighted by atomic mass is 10.1. The van der Waals surface area contributed by atoms with Crippen LogP contribution in [0.3, 0.4) is 0 Å². The fourth-order valence-electron chi connectivity index (χ4n) is 2.69. The molecule has 0 radical (unpaired) electrons. The molecule has 0 fully saturated rings. The number of rotatable bonds is 8. The van der Waals surface area contributed by atoms with Gasteiger partial charge in [0.1, 0.15) is 5.75 Å². The highest BCUT2D eigenvalue weighted by Crippen LogP contribution is 2.17. The number of ether oxygens (including phenoxy) is 1. The summed E-state index contributed by atoms with van der Waals surface area (Å²) in [5.41, 5.74) is 2.78. The number of carbonyl (C=O) groups excluding carboxylic acids is 1. The van der Waals surface area contributed by atoms with E-state index in [0.717, 1.165) is 42.3 Å². The molecule has 144 valence electrons. The second kappa shape index (κ2) is 10.9. The van der Waals surface area contributed by atoms with E-state index in [1.165, 1.54) is 0 Å². The minimum Gasteiger partial charge on any atom is -0.496 e. The van der Waals surface area contributed by atoms with Crippen LogP contribution in [0.1, 0.15) is 28.4 Å². The normalized spacial score (nSPS) is 11.0. The van der Waals surface area contributed by atoms with Gasteiger partial charge >= 0.3 is 0 Å². The number of nitrogens with zero attached hydrogens (tertiary/aromatic N) is 1. The molecule has 0 saturated carbocycles. The Morgan fingerprint density at radius 1 is 1.11 bits per heavy atom. The fourth-order valence-corrected chi connectivity index (χ4v) is 2.69. The van der Waals surface area contributed by atoms with E-state index in [9.17, 15) is 4.79 Å². The molecule has 0 aliphatic heterocycles. The molecular weight excluding hydrogens is 340 g/mol. The second-order valence-corrected chi connectivity index (χ2v) is 5.96. The smallest absolute Gasteiger partial charge is 0.251 e. The fraction of sp³-hybridized carbons (Fsp3) is 0.333. The van der Waals surface area contributed by atoms with E-state index in [-0.39, 0.29) is 5.91 Å². The first-order chi connectivity index (χ1) is 13.2. The van der Waals surface area contributed by atoms with E-state index in [4.69, 9.17) is 4.74 Å². The van der Waals surface area contributed by atoms with Crippen LogP contribution in [-0.2, 0) is 13.0 Å². The highest BCUT2D eigenvalue weighted by molar-refractivity contribution is 5.94. The number of aliphatic imine (C=N–C) groups is 1. The zero-order valence-electron chi connectivity index (χ0n) is 16.2. The first kappa shape index (κ1) is 20.3. The van der Waals surface area contributed by atoms with Gasteiger partial charge in [-0.15, -0.1) is 0 Å². The Hall–Kier alpha value is -3.02. The van der Waals surface area contributed by atoms with Crippen molar-refractivity contribution in [3.05, 3.63) is 65.2 Å². The number of nitrogens with one attached hydrogen (secondary N) is 3. The first-order valence-electron chi connectivity index (χ1n) is 9.13. The number of amides is 1. The third-order valence-corrected chi connectivity index (χ3v) is 4.06. The SMILES string of the molecule is CCNC(=NCc1cccc(C(=O)NC)c1)NCCc1ccccc1OC. The predicted molar refractivity (Wildman–Crippen MR) is 109 cm³/mol. The van der Waals surface area contributed by atoms with Crippen LogP contribution in [0.4, 0.5) is 0 Å². The quantitative estimate of drug-likeness (QED) is 0.494. The summed E-state index contributed by atoms with van der Waals surface area (Å²) in [5.74, 6) is 1.55. The molecule has 0 heterocycles. The van der Waals surface area contributed by atoms with Gasteiger partial charge in [0, 0.05) is 25.7 Å². The number of benzene rings is 2. The number of hydrogen-bond acceptors (Lipinski definition) is 3. The van der Waals surface area contributed by atoms with Gasteiger partial charge in [0.05, 0.1) is 13.7 Å². The van der Waals surface area contributed by atoms with Crippen molar-refractivity contribution in [3.63, 3.8) is 0 Å². The van der Waals surface area contributed by atoms with E-state index in [2.05, 4.69) is 27.0 Å². The van der Waals surface area contributed by atoms with Gasteiger partial charge in [-0.1, -0.05) is 30.3 Å². The van der Waals surface area contributed by atoms with Gasteiger partial charge in [-0.2, -0.15) is 0 Å². The largest absolute Gasteiger partial charge is 0.496 e. The van der Waals surface area contributed by atoms with Crippen LogP contribution in [-0.4, -0.2) is 39.1 Å². The molecule has 3 N–H and O–H groups in total. The molecule has 1 amide bonds. The van der Waals surface area contributed by atoms with Gasteiger partial charge in [0.25, 0.3) is 5.91 Å². The Bertz CT molecular complexity index is 774. The molecule has 0 bridgehead atoms. The number of para-hydroxylation sites is 1. The number of methoxy groups -OCH3 is 1. The summed E-state index contributed by atoms with van der Waals surface area (Å²) >= 11 is 0. The number of guanidine groups is 1. The summed E-state index contributed by atoms with van der Waals surface area (Å²) in [7, 11) is 3.31. The average molecular weight is 368 g/mol. The van der Waals surface area contributed by atoms with Crippen molar-refractivity contribution in [1.29, 1.82) is 0 Å². The van der Waals surface area contributed by atoms with Crippen LogP contribution in [0.25, 0.3) is 0 Å². The highest BCUT2D eigenvalue weighted by atomic mass is 16.5. The molecule has 27 heavy (non-hydrogen) atoms.